The minimum atomic E-state index is -0.566. The molecule has 0 aliphatic heterocycles. The maximum atomic E-state index is 10.7. The summed E-state index contributed by atoms with van der Waals surface area (Å²) in [5.41, 5.74) is 2.33. The number of rotatable bonds is 2. The van der Waals surface area contributed by atoms with Crippen LogP contribution in [0.4, 0.5) is 0 Å². The molecule has 0 spiro atoms. The molecule has 1 atom stereocenters. The summed E-state index contributed by atoms with van der Waals surface area (Å²) in [5.74, 6) is 0. The second kappa shape index (κ2) is 4.69. The van der Waals surface area contributed by atoms with Crippen LogP contribution in [0.2, 0.25) is 0 Å². The molecule has 0 saturated carbocycles. The van der Waals surface area contributed by atoms with E-state index >= 15 is 0 Å². The topological polar surface area (TPSA) is 33.1 Å². The number of pyridine rings is 1. The highest BCUT2D eigenvalue weighted by Crippen LogP contribution is 2.37. The van der Waals surface area contributed by atoms with Crippen LogP contribution in [0.15, 0.2) is 42.7 Å². The molecule has 2 nitrogen and oxygen atoms in total. The molecule has 0 fully saturated rings. The van der Waals surface area contributed by atoms with Gasteiger partial charge in [0.2, 0.25) is 0 Å². The largest absolute Gasteiger partial charge is 0.383 e. The summed E-state index contributed by atoms with van der Waals surface area (Å²) in [6.07, 6.45) is 6.65. The van der Waals surface area contributed by atoms with Crippen molar-refractivity contribution in [2.75, 3.05) is 0 Å². The highest BCUT2D eigenvalue weighted by Gasteiger charge is 2.21. The molecule has 1 N–H and O–H groups in total. The number of nitrogens with zero attached hydrogens (tertiary/aromatic N) is 1. The number of hydrogen-bond donors (Lipinski definition) is 1. The molecule has 0 saturated heterocycles. The molecule has 1 aromatic carbocycles. The van der Waals surface area contributed by atoms with Crippen LogP contribution in [0.1, 0.15) is 33.4 Å². The number of fused-ring (bicyclic) bond motifs is 2. The molecule has 2 aromatic heterocycles. The second-order valence-corrected chi connectivity index (χ2v) is 6.47. The van der Waals surface area contributed by atoms with Crippen molar-refractivity contribution in [1.29, 1.82) is 0 Å². The standard InChI is InChI=1S/C17H15NOS/c19-17(16-8-11-5-3-7-15(11)20-16)14-10-18-9-12-4-1-2-6-13(12)14/h1-2,4,6,8-10,17,19H,3,5,7H2. The molecule has 3 heteroatoms. The van der Waals surface area contributed by atoms with Gasteiger partial charge >= 0.3 is 0 Å². The molecule has 100 valence electrons. The Hall–Kier alpha value is -1.71. The van der Waals surface area contributed by atoms with Crippen LogP contribution in [-0.2, 0) is 12.8 Å². The molecule has 4 rings (SSSR count). The number of aromatic nitrogens is 1. The molecule has 1 unspecified atom stereocenters. The summed E-state index contributed by atoms with van der Waals surface area (Å²) in [6.45, 7) is 0. The van der Waals surface area contributed by atoms with Crippen molar-refractivity contribution in [1.82, 2.24) is 4.98 Å². The smallest absolute Gasteiger partial charge is 0.115 e. The number of aryl methyl sites for hydroxylation is 2. The first kappa shape index (κ1) is 12.1. The first-order valence-corrected chi connectivity index (χ1v) is 7.77. The van der Waals surface area contributed by atoms with Gasteiger partial charge in [-0.25, -0.2) is 0 Å². The molecule has 20 heavy (non-hydrogen) atoms. The molecule has 1 aliphatic rings. The van der Waals surface area contributed by atoms with E-state index in [1.807, 2.05) is 24.4 Å². The van der Waals surface area contributed by atoms with Crippen LogP contribution in [0.5, 0.6) is 0 Å². The monoisotopic (exact) mass is 281 g/mol. The Balaban J connectivity index is 1.81. The Morgan fingerprint density at radius 1 is 1.15 bits per heavy atom. The van der Waals surface area contributed by atoms with Gasteiger partial charge in [0.05, 0.1) is 0 Å². The quantitative estimate of drug-likeness (QED) is 0.773. The van der Waals surface area contributed by atoms with Gasteiger partial charge in [0, 0.05) is 33.1 Å². The Morgan fingerprint density at radius 2 is 2.05 bits per heavy atom. The van der Waals surface area contributed by atoms with E-state index in [1.54, 1.807) is 17.5 Å². The zero-order valence-electron chi connectivity index (χ0n) is 11.0. The maximum Gasteiger partial charge on any atom is 0.115 e. The number of benzene rings is 1. The van der Waals surface area contributed by atoms with Crippen LogP contribution in [0.25, 0.3) is 10.8 Å². The van der Waals surface area contributed by atoms with E-state index in [9.17, 15) is 5.11 Å². The van der Waals surface area contributed by atoms with Crippen LogP contribution in [0.3, 0.4) is 0 Å². The zero-order chi connectivity index (χ0) is 13.5. The average molecular weight is 281 g/mol. The van der Waals surface area contributed by atoms with Gasteiger partial charge in [-0.05, 0) is 36.3 Å². The summed E-state index contributed by atoms with van der Waals surface area (Å²) in [6, 6.07) is 10.3. The first-order valence-electron chi connectivity index (χ1n) is 6.95. The van der Waals surface area contributed by atoms with Crippen molar-refractivity contribution >= 4 is 22.1 Å². The van der Waals surface area contributed by atoms with Crippen molar-refractivity contribution in [3.8, 4) is 0 Å². The molecule has 0 bridgehead atoms. The van der Waals surface area contributed by atoms with Gasteiger partial charge in [-0.1, -0.05) is 24.3 Å². The lowest BCUT2D eigenvalue weighted by molar-refractivity contribution is 0.225. The van der Waals surface area contributed by atoms with E-state index in [0.717, 1.165) is 27.6 Å². The minimum Gasteiger partial charge on any atom is -0.383 e. The number of aliphatic hydroxyl groups excluding tert-OH is 1. The second-order valence-electron chi connectivity index (χ2n) is 5.30. The van der Waals surface area contributed by atoms with Crippen molar-refractivity contribution in [2.24, 2.45) is 0 Å². The van der Waals surface area contributed by atoms with Gasteiger partial charge < -0.3 is 5.11 Å². The normalized spacial score (nSPS) is 15.4. The predicted molar refractivity (Wildman–Crippen MR) is 82.1 cm³/mol. The third-order valence-electron chi connectivity index (χ3n) is 4.03. The van der Waals surface area contributed by atoms with E-state index in [1.165, 1.54) is 23.3 Å². The summed E-state index contributed by atoms with van der Waals surface area (Å²) in [4.78, 5) is 6.77. The van der Waals surface area contributed by atoms with Crippen LogP contribution >= 0.6 is 11.3 Å². The maximum absolute atomic E-state index is 10.7. The number of aliphatic hydroxyl groups is 1. The fourth-order valence-electron chi connectivity index (χ4n) is 3.00. The summed E-state index contributed by atoms with van der Waals surface area (Å²) >= 11 is 1.76. The van der Waals surface area contributed by atoms with E-state index in [4.69, 9.17) is 0 Å². The van der Waals surface area contributed by atoms with Gasteiger partial charge in [-0.2, -0.15) is 0 Å². The third kappa shape index (κ3) is 1.86. The van der Waals surface area contributed by atoms with Crippen molar-refractivity contribution < 1.29 is 5.11 Å². The molecular weight excluding hydrogens is 266 g/mol. The third-order valence-corrected chi connectivity index (χ3v) is 5.32. The Labute approximate surface area is 121 Å². The molecule has 0 radical (unpaired) electrons. The Kier molecular flexibility index (Phi) is 2.83. The Bertz CT molecular complexity index is 751. The lowest BCUT2D eigenvalue weighted by atomic mass is 10.0. The van der Waals surface area contributed by atoms with Crippen LogP contribution in [-0.4, -0.2) is 10.1 Å². The van der Waals surface area contributed by atoms with Gasteiger partial charge in [0.15, 0.2) is 0 Å². The first-order chi connectivity index (χ1) is 9.83. The van der Waals surface area contributed by atoms with Crippen molar-refractivity contribution in [3.05, 3.63) is 63.6 Å². The Morgan fingerprint density at radius 3 is 2.95 bits per heavy atom. The minimum absolute atomic E-state index is 0.566. The van der Waals surface area contributed by atoms with Crippen LogP contribution in [0, 0.1) is 0 Å². The summed E-state index contributed by atoms with van der Waals surface area (Å²) in [5, 5.41) is 12.9. The molecule has 0 amide bonds. The number of hydrogen-bond acceptors (Lipinski definition) is 3. The van der Waals surface area contributed by atoms with Gasteiger partial charge in [0.25, 0.3) is 0 Å². The zero-order valence-corrected chi connectivity index (χ0v) is 11.9. The van der Waals surface area contributed by atoms with E-state index in [0.29, 0.717) is 0 Å². The van der Waals surface area contributed by atoms with Crippen molar-refractivity contribution in [3.63, 3.8) is 0 Å². The predicted octanol–water partition coefficient (Wildman–Crippen LogP) is 3.87. The van der Waals surface area contributed by atoms with Crippen LogP contribution < -0.4 is 0 Å². The summed E-state index contributed by atoms with van der Waals surface area (Å²) < 4.78 is 0. The summed E-state index contributed by atoms with van der Waals surface area (Å²) in [7, 11) is 0. The van der Waals surface area contributed by atoms with E-state index < -0.39 is 6.10 Å². The highest BCUT2D eigenvalue weighted by atomic mass is 32.1. The van der Waals surface area contributed by atoms with E-state index in [-0.39, 0.29) is 0 Å². The fraction of sp³-hybridized carbons (Fsp3) is 0.235. The van der Waals surface area contributed by atoms with Gasteiger partial charge in [0.1, 0.15) is 6.10 Å². The lowest BCUT2D eigenvalue weighted by Gasteiger charge is -2.11. The molecule has 1 aliphatic carbocycles. The van der Waals surface area contributed by atoms with E-state index in [2.05, 4.69) is 17.1 Å². The van der Waals surface area contributed by atoms with Gasteiger partial charge in [-0.3, -0.25) is 4.98 Å². The fourth-order valence-corrected chi connectivity index (χ4v) is 4.26. The SMILES string of the molecule is OC(c1cc2c(s1)CCC2)c1cncc2ccccc12. The molecule has 3 aromatic rings. The van der Waals surface area contributed by atoms with Crippen molar-refractivity contribution in [2.45, 2.75) is 25.4 Å². The molecule has 2 heterocycles. The number of thiophene rings is 1. The lowest BCUT2D eigenvalue weighted by Crippen LogP contribution is -1.99. The molecular formula is C17H15NOS. The van der Waals surface area contributed by atoms with Gasteiger partial charge in [-0.15, -0.1) is 11.3 Å². The highest BCUT2D eigenvalue weighted by molar-refractivity contribution is 7.12. The average Bonchev–Trinajstić information content (AvgIpc) is 3.07.